The normalized spacial score (nSPS) is 11.7. The van der Waals surface area contributed by atoms with Gasteiger partial charge >= 0.3 is 0 Å². The predicted octanol–water partition coefficient (Wildman–Crippen LogP) is 0.499. The first-order valence-electron chi connectivity index (χ1n) is 6.53. The summed E-state index contributed by atoms with van der Waals surface area (Å²) in [5.74, 6) is 0.873. The average Bonchev–Trinajstić information content (AvgIpc) is 2.84. The fraction of sp³-hybridized carbons (Fsp3) is 0.385. The van der Waals surface area contributed by atoms with Crippen molar-refractivity contribution < 1.29 is 12.9 Å². The summed E-state index contributed by atoms with van der Waals surface area (Å²) in [5, 5.41) is 3.71. The van der Waals surface area contributed by atoms with Crippen LogP contribution in [0.1, 0.15) is 22.8 Å². The van der Waals surface area contributed by atoms with Gasteiger partial charge in [0, 0.05) is 26.4 Å². The van der Waals surface area contributed by atoms with Crippen LogP contribution in [0.3, 0.4) is 0 Å². The van der Waals surface area contributed by atoms with Crippen LogP contribution in [0, 0.1) is 6.92 Å². The monoisotopic (exact) mass is 310 g/mol. The Hall–Kier alpha value is -1.77. The Bertz CT molecular complexity index is 697. The Morgan fingerprint density at radius 3 is 2.76 bits per heavy atom. The van der Waals surface area contributed by atoms with Gasteiger partial charge in [0.05, 0.1) is 5.75 Å². The van der Waals surface area contributed by atoms with E-state index in [1.165, 1.54) is 0 Å². The molecule has 0 radical (unpaired) electrons. The summed E-state index contributed by atoms with van der Waals surface area (Å²) in [6.07, 6.45) is 0.388. The lowest BCUT2D eigenvalue weighted by molar-refractivity contribution is 0.387. The Labute approximate surface area is 123 Å². The molecule has 0 fully saturated rings. The molecule has 0 amide bonds. The molecular weight excluding hydrogens is 292 g/mol. The van der Waals surface area contributed by atoms with E-state index in [9.17, 15) is 8.42 Å². The van der Waals surface area contributed by atoms with Gasteiger partial charge in [0.15, 0.2) is 5.82 Å². The zero-order valence-electron chi connectivity index (χ0n) is 11.7. The Balaban J connectivity index is 1.89. The van der Waals surface area contributed by atoms with E-state index in [1.807, 2.05) is 6.07 Å². The first-order valence-corrected chi connectivity index (χ1v) is 8.18. The van der Waals surface area contributed by atoms with Crippen molar-refractivity contribution in [2.45, 2.75) is 25.6 Å². The third-order valence-electron chi connectivity index (χ3n) is 2.82. The third-order valence-corrected chi connectivity index (χ3v) is 4.18. The molecule has 0 spiro atoms. The first-order chi connectivity index (χ1) is 9.98. The number of aromatic nitrogens is 2. The van der Waals surface area contributed by atoms with Crippen LogP contribution in [0.2, 0.25) is 0 Å². The van der Waals surface area contributed by atoms with Gasteiger partial charge in [0.25, 0.3) is 0 Å². The van der Waals surface area contributed by atoms with Crippen LogP contribution in [0.4, 0.5) is 0 Å². The van der Waals surface area contributed by atoms with E-state index in [-0.39, 0.29) is 12.3 Å². The largest absolute Gasteiger partial charge is 0.340 e. The predicted molar refractivity (Wildman–Crippen MR) is 77.7 cm³/mol. The fourth-order valence-corrected chi connectivity index (χ4v) is 3.01. The maximum absolute atomic E-state index is 12.0. The number of benzene rings is 1. The molecule has 1 heterocycles. The highest BCUT2D eigenvalue weighted by Gasteiger charge is 2.12. The molecule has 1 aromatic carbocycles. The van der Waals surface area contributed by atoms with Gasteiger partial charge < -0.3 is 10.3 Å². The molecular formula is C13H18N4O3S. The fourth-order valence-electron chi connectivity index (χ4n) is 1.88. The number of rotatable bonds is 7. The molecule has 2 rings (SSSR count). The summed E-state index contributed by atoms with van der Waals surface area (Å²) in [5.41, 5.74) is 7.16. The van der Waals surface area contributed by atoms with Crippen molar-refractivity contribution in [1.82, 2.24) is 14.9 Å². The molecule has 1 aromatic heterocycles. The van der Waals surface area contributed by atoms with Crippen LogP contribution >= 0.6 is 0 Å². The van der Waals surface area contributed by atoms with Crippen molar-refractivity contribution >= 4 is 10.0 Å². The van der Waals surface area contributed by atoms with Crippen LogP contribution in [0.25, 0.3) is 0 Å². The molecule has 21 heavy (non-hydrogen) atoms. The van der Waals surface area contributed by atoms with Gasteiger partial charge in [-0.1, -0.05) is 29.4 Å². The molecule has 114 valence electrons. The van der Waals surface area contributed by atoms with E-state index in [1.54, 1.807) is 25.1 Å². The standard InChI is InChI=1S/C13H18N4O3S/c1-10-16-13(17-20-10)5-6-15-21(18,19)9-12-4-2-3-11(7-12)8-14/h2-4,7,15H,5-6,8-9,14H2,1H3. The second-order valence-corrected chi connectivity index (χ2v) is 6.46. The molecule has 0 aliphatic carbocycles. The maximum atomic E-state index is 12.0. The van der Waals surface area contributed by atoms with E-state index in [0.717, 1.165) is 5.56 Å². The summed E-state index contributed by atoms with van der Waals surface area (Å²) in [7, 11) is -3.40. The zero-order valence-corrected chi connectivity index (χ0v) is 12.6. The molecule has 0 unspecified atom stereocenters. The molecule has 8 heteroatoms. The average molecular weight is 310 g/mol. The quantitative estimate of drug-likeness (QED) is 0.770. The topological polar surface area (TPSA) is 111 Å². The van der Waals surface area contributed by atoms with Crippen LogP contribution in [0.5, 0.6) is 0 Å². The maximum Gasteiger partial charge on any atom is 0.223 e. The van der Waals surface area contributed by atoms with Gasteiger partial charge in [-0.2, -0.15) is 4.98 Å². The van der Waals surface area contributed by atoms with Crippen molar-refractivity contribution in [3.63, 3.8) is 0 Å². The van der Waals surface area contributed by atoms with Gasteiger partial charge in [-0.15, -0.1) is 0 Å². The second kappa shape index (κ2) is 6.79. The van der Waals surface area contributed by atoms with E-state index in [2.05, 4.69) is 14.9 Å². The Morgan fingerprint density at radius 1 is 1.33 bits per heavy atom. The van der Waals surface area contributed by atoms with Crippen molar-refractivity contribution in [1.29, 1.82) is 0 Å². The number of aryl methyl sites for hydroxylation is 1. The van der Waals surface area contributed by atoms with Gasteiger partial charge in [-0.3, -0.25) is 0 Å². The number of hydrogen-bond donors (Lipinski definition) is 2. The molecule has 3 N–H and O–H groups in total. The molecule has 2 aromatic rings. The minimum absolute atomic E-state index is 0.0773. The molecule has 0 saturated carbocycles. The van der Waals surface area contributed by atoms with Crippen molar-refractivity contribution in [2.24, 2.45) is 5.73 Å². The Kier molecular flexibility index (Phi) is 5.05. The van der Waals surface area contributed by atoms with Crippen molar-refractivity contribution in [3.8, 4) is 0 Å². The van der Waals surface area contributed by atoms with Gasteiger partial charge in [0.1, 0.15) is 0 Å². The summed E-state index contributed by atoms with van der Waals surface area (Å²) in [6, 6.07) is 7.22. The smallest absolute Gasteiger partial charge is 0.223 e. The molecule has 0 aliphatic heterocycles. The summed E-state index contributed by atoms with van der Waals surface area (Å²) < 4.78 is 31.3. The summed E-state index contributed by atoms with van der Waals surface area (Å²) in [6.45, 7) is 2.31. The van der Waals surface area contributed by atoms with Gasteiger partial charge in [-0.25, -0.2) is 13.1 Å². The lowest BCUT2D eigenvalue weighted by Crippen LogP contribution is -2.27. The zero-order chi connectivity index (χ0) is 15.3. The van der Waals surface area contributed by atoms with Crippen LogP contribution in [-0.2, 0) is 28.7 Å². The van der Waals surface area contributed by atoms with Crippen LogP contribution in [-0.4, -0.2) is 25.1 Å². The van der Waals surface area contributed by atoms with Crippen LogP contribution in [0.15, 0.2) is 28.8 Å². The number of nitrogens with zero attached hydrogens (tertiary/aromatic N) is 2. The summed E-state index contributed by atoms with van der Waals surface area (Å²) in [4.78, 5) is 4.01. The highest BCUT2D eigenvalue weighted by molar-refractivity contribution is 7.88. The molecule has 0 bridgehead atoms. The molecule has 0 atom stereocenters. The number of sulfonamides is 1. The SMILES string of the molecule is Cc1nc(CCNS(=O)(=O)Cc2cccc(CN)c2)no1. The van der Waals surface area contributed by atoms with Gasteiger partial charge in [0.2, 0.25) is 15.9 Å². The van der Waals surface area contributed by atoms with Gasteiger partial charge in [-0.05, 0) is 11.1 Å². The molecule has 0 saturated heterocycles. The molecule has 7 nitrogen and oxygen atoms in total. The number of hydrogen-bond acceptors (Lipinski definition) is 6. The van der Waals surface area contributed by atoms with E-state index in [0.29, 0.717) is 30.2 Å². The third kappa shape index (κ3) is 4.92. The highest BCUT2D eigenvalue weighted by Crippen LogP contribution is 2.08. The minimum atomic E-state index is -3.40. The van der Waals surface area contributed by atoms with E-state index in [4.69, 9.17) is 10.3 Å². The summed E-state index contributed by atoms with van der Waals surface area (Å²) >= 11 is 0. The highest BCUT2D eigenvalue weighted by atomic mass is 32.2. The second-order valence-electron chi connectivity index (χ2n) is 4.66. The molecule has 0 aliphatic rings. The van der Waals surface area contributed by atoms with E-state index < -0.39 is 10.0 Å². The number of nitrogens with one attached hydrogen (secondary N) is 1. The van der Waals surface area contributed by atoms with Crippen LogP contribution < -0.4 is 10.5 Å². The lowest BCUT2D eigenvalue weighted by atomic mass is 10.1. The number of nitrogens with two attached hydrogens (primary N) is 1. The van der Waals surface area contributed by atoms with E-state index >= 15 is 0 Å². The lowest BCUT2D eigenvalue weighted by Gasteiger charge is -2.07. The Morgan fingerprint density at radius 2 is 2.10 bits per heavy atom. The van der Waals surface area contributed by atoms with Crippen molar-refractivity contribution in [2.75, 3.05) is 6.54 Å². The first kappa shape index (κ1) is 15.6. The minimum Gasteiger partial charge on any atom is -0.340 e. The van der Waals surface area contributed by atoms with Crippen molar-refractivity contribution in [3.05, 3.63) is 47.1 Å².